The third kappa shape index (κ3) is 4.65. The van der Waals surface area contributed by atoms with Crippen molar-refractivity contribution in [3.05, 3.63) is 52.7 Å². The number of aliphatic hydroxyl groups is 1. The average molecular weight is 424 g/mol. The first kappa shape index (κ1) is 21.0. The maximum Gasteiger partial charge on any atom is 0.416 e. The first-order chi connectivity index (χ1) is 13.8. The van der Waals surface area contributed by atoms with Gasteiger partial charge in [-0.25, -0.2) is 9.67 Å². The van der Waals surface area contributed by atoms with E-state index in [4.69, 9.17) is 5.11 Å². The van der Waals surface area contributed by atoms with E-state index in [2.05, 4.69) is 15.4 Å². The highest BCUT2D eigenvalue weighted by atomic mass is 32.1. The molecule has 0 spiro atoms. The fourth-order valence-corrected chi connectivity index (χ4v) is 3.61. The fraction of sp³-hybridized carbons (Fsp3) is 0.316. The van der Waals surface area contributed by atoms with Gasteiger partial charge in [-0.3, -0.25) is 4.79 Å². The van der Waals surface area contributed by atoms with E-state index in [1.54, 1.807) is 11.4 Å². The van der Waals surface area contributed by atoms with Crippen LogP contribution in [-0.2, 0) is 12.6 Å². The van der Waals surface area contributed by atoms with Gasteiger partial charge in [-0.2, -0.15) is 18.3 Å². The first-order valence-corrected chi connectivity index (χ1v) is 9.82. The molecular formula is C19H19F3N4O2S. The molecule has 1 aromatic carbocycles. The summed E-state index contributed by atoms with van der Waals surface area (Å²) < 4.78 is 40.4. The first-order valence-electron chi connectivity index (χ1n) is 8.94. The lowest BCUT2D eigenvalue weighted by Crippen LogP contribution is -2.25. The van der Waals surface area contributed by atoms with Gasteiger partial charge in [0.05, 0.1) is 28.7 Å². The van der Waals surface area contributed by atoms with Crippen molar-refractivity contribution in [2.24, 2.45) is 0 Å². The Morgan fingerprint density at radius 3 is 2.83 bits per heavy atom. The summed E-state index contributed by atoms with van der Waals surface area (Å²) >= 11 is 1.23. The molecule has 0 atom stereocenters. The number of rotatable bonds is 7. The SMILES string of the molecule is CCc1c(C(=O)NCCCO)cnn1-c1nc(-c2cccc(C(F)(F)F)c2)cs1. The second kappa shape index (κ2) is 8.75. The number of hydrogen-bond donors (Lipinski definition) is 2. The second-order valence-corrected chi connectivity index (χ2v) is 7.03. The van der Waals surface area contributed by atoms with Crippen LogP contribution in [0.1, 0.15) is 35.0 Å². The van der Waals surface area contributed by atoms with Crippen LogP contribution in [0, 0.1) is 0 Å². The van der Waals surface area contributed by atoms with Gasteiger partial charge in [0.15, 0.2) is 0 Å². The molecule has 1 amide bonds. The molecule has 0 saturated carbocycles. The number of nitrogens with zero attached hydrogens (tertiary/aromatic N) is 3. The zero-order valence-corrected chi connectivity index (χ0v) is 16.3. The Morgan fingerprint density at radius 1 is 1.34 bits per heavy atom. The van der Waals surface area contributed by atoms with Gasteiger partial charge in [-0.15, -0.1) is 11.3 Å². The summed E-state index contributed by atoms with van der Waals surface area (Å²) in [5.41, 5.74) is 1.08. The lowest BCUT2D eigenvalue weighted by Gasteiger charge is -2.07. The van der Waals surface area contributed by atoms with Crippen molar-refractivity contribution in [1.29, 1.82) is 0 Å². The Bertz CT molecular complexity index is 998. The largest absolute Gasteiger partial charge is 0.416 e. The number of amides is 1. The van der Waals surface area contributed by atoms with Crippen LogP contribution in [0.4, 0.5) is 13.2 Å². The third-order valence-electron chi connectivity index (χ3n) is 4.23. The highest BCUT2D eigenvalue weighted by molar-refractivity contribution is 7.12. The van der Waals surface area contributed by atoms with Crippen LogP contribution >= 0.6 is 11.3 Å². The van der Waals surface area contributed by atoms with Gasteiger partial charge in [0.25, 0.3) is 5.91 Å². The van der Waals surface area contributed by atoms with Crippen LogP contribution in [0.3, 0.4) is 0 Å². The van der Waals surface area contributed by atoms with Crippen molar-refractivity contribution in [2.75, 3.05) is 13.2 Å². The molecule has 0 saturated heterocycles. The van der Waals surface area contributed by atoms with E-state index in [0.29, 0.717) is 47.0 Å². The molecule has 6 nitrogen and oxygen atoms in total. The highest BCUT2D eigenvalue weighted by Crippen LogP contribution is 2.33. The molecule has 3 rings (SSSR count). The Morgan fingerprint density at radius 2 is 2.14 bits per heavy atom. The molecule has 154 valence electrons. The van der Waals surface area contributed by atoms with E-state index in [-0.39, 0.29) is 12.5 Å². The number of thiazole rings is 1. The molecule has 0 bridgehead atoms. The fourth-order valence-electron chi connectivity index (χ4n) is 2.79. The number of carbonyl (C=O) groups excluding carboxylic acids is 1. The van der Waals surface area contributed by atoms with E-state index >= 15 is 0 Å². The smallest absolute Gasteiger partial charge is 0.396 e. The second-order valence-electron chi connectivity index (χ2n) is 6.20. The minimum absolute atomic E-state index is 0.0163. The summed E-state index contributed by atoms with van der Waals surface area (Å²) in [6.07, 6.45) is -2.02. The molecule has 0 fully saturated rings. The van der Waals surface area contributed by atoms with Gasteiger partial charge >= 0.3 is 6.18 Å². The van der Waals surface area contributed by atoms with Crippen LogP contribution in [0.15, 0.2) is 35.8 Å². The molecular weight excluding hydrogens is 405 g/mol. The number of aromatic nitrogens is 3. The number of benzene rings is 1. The summed E-state index contributed by atoms with van der Waals surface area (Å²) in [5, 5.41) is 17.9. The Hall–Kier alpha value is -2.72. The minimum Gasteiger partial charge on any atom is -0.396 e. The Kier molecular flexibility index (Phi) is 6.33. The maximum absolute atomic E-state index is 13.0. The predicted molar refractivity (Wildman–Crippen MR) is 103 cm³/mol. The summed E-state index contributed by atoms with van der Waals surface area (Å²) in [6.45, 7) is 2.21. The van der Waals surface area contributed by atoms with Crippen LogP contribution in [0.25, 0.3) is 16.4 Å². The normalized spacial score (nSPS) is 11.6. The summed E-state index contributed by atoms with van der Waals surface area (Å²) in [7, 11) is 0. The van der Waals surface area contributed by atoms with Crippen molar-refractivity contribution in [2.45, 2.75) is 25.9 Å². The van der Waals surface area contributed by atoms with Crippen LogP contribution < -0.4 is 5.32 Å². The number of alkyl halides is 3. The van der Waals surface area contributed by atoms with Crippen molar-refractivity contribution in [1.82, 2.24) is 20.1 Å². The zero-order chi connectivity index (χ0) is 21.0. The molecule has 0 aliphatic carbocycles. The number of nitrogens with one attached hydrogen (secondary N) is 1. The molecule has 29 heavy (non-hydrogen) atoms. The topological polar surface area (TPSA) is 80.0 Å². The van der Waals surface area contributed by atoms with E-state index in [0.717, 1.165) is 12.1 Å². The van der Waals surface area contributed by atoms with Gasteiger partial charge in [0, 0.05) is 24.1 Å². The number of carbonyl (C=O) groups is 1. The maximum atomic E-state index is 13.0. The van der Waals surface area contributed by atoms with Crippen LogP contribution in [0.2, 0.25) is 0 Å². The molecule has 2 aromatic heterocycles. The monoisotopic (exact) mass is 424 g/mol. The Balaban J connectivity index is 1.88. The Labute approximate surface area is 169 Å². The van der Waals surface area contributed by atoms with Crippen molar-refractivity contribution < 1.29 is 23.1 Å². The number of halogens is 3. The van der Waals surface area contributed by atoms with E-state index in [1.807, 2.05) is 6.92 Å². The molecule has 10 heteroatoms. The van der Waals surface area contributed by atoms with E-state index in [1.165, 1.54) is 28.3 Å². The molecule has 0 aliphatic rings. The van der Waals surface area contributed by atoms with Gasteiger partial charge in [-0.05, 0) is 25.0 Å². The highest BCUT2D eigenvalue weighted by Gasteiger charge is 2.30. The summed E-state index contributed by atoms with van der Waals surface area (Å²) in [6, 6.07) is 4.99. The standard InChI is InChI=1S/C19H19F3N4O2S/c1-2-16-14(17(28)23-7-4-8-27)10-24-26(16)18-25-15(11-29-18)12-5-3-6-13(9-12)19(20,21)22/h3,5-6,9-11,27H,2,4,7-8H2,1H3,(H,23,28). The van der Waals surface area contributed by atoms with Crippen LogP contribution in [0.5, 0.6) is 0 Å². The van der Waals surface area contributed by atoms with Gasteiger partial charge in [0.1, 0.15) is 0 Å². The lowest BCUT2D eigenvalue weighted by atomic mass is 10.1. The molecule has 2 heterocycles. The van der Waals surface area contributed by atoms with Crippen molar-refractivity contribution in [3.63, 3.8) is 0 Å². The zero-order valence-electron chi connectivity index (χ0n) is 15.5. The van der Waals surface area contributed by atoms with E-state index in [9.17, 15) is 18.0 Å². The summed E-state index contributed by atoms with van der Waals surface area (Å²) in [4.78, 5) is 16.7. The van der Waals surface area contributed by atoms with Crippen LogP contribution in [-0.4, -0.2) is 38.9 Å². The quantitative estimate of drug-likeness (QED) is 0.567. The van der Waals surface area contributed by atoms with Gasteiger partial charge < -0.3 is 10.4 Å². The molecule has 0 unspecified atom stereocenters. The van der Waals surface area contributed by atoms with Gasteiger partial charge in [-0.1, -0.05) is 19.1 Å². The summed E-state index contributed by atoms with van der Waals surface area (Å²) in [5.74, 6) is -0.295. The molecule has 3 aromatic rings. The lowest BCUT2D eigenvalue weighted by molar-refractivity contribution is -0.137. The molecule has 0 radical (unpaired) electrons. The third-order valence-corrected chi connectivity index (χ3v) is 5.04. The van der Waals surface area contributed by atoms with Crippen molar-refractivity contribution >= 4 is 17.2 Å². The average Bonchev–Trinajstić information content (AvgIpc) is 3.34. The molecule has 2 N–H and O–H groups in total. The van der Waals surface area contributed by atoms with Gasteiger partial charge in [0.2, 0.25) is 5.13 Å². The molecule has 0 aliphatic heterocycles. The minimum atomic E-state index is -4.43. The number of hydrogen-bond acceptors (Lipinski definition) is 5. The number of aliphatic hydroxyl groups excluding tert-OH is 1. The van der Waals surface area contributed by atoms with Crippen molar-refractivity contribution in [3.8, 4) is 16.4 Å². The van der Waals surface area contributed by atoms with E-state index < -0.39 is 11.7 Å². The predicted octanol–water partition coefficient (Wildman–Crippen LogP) is 3.69.